The fourth-order valence-corrected chi connectivity index (χ4v) is 2.74. The van der Waals surface area contributed by atoms with Crippen LogP contribution in [0.3, 0.4) is 0 Å². The van der Waals surface area contributed by atoms with Crippen LogP contribution in [0, 0.1) is 6.92 Å². The number of hydrogen-bond acceptors (Lipinski definition) is 5. The second-order valence-corrected chi connectivity index (χ2v) is 6.60. The maximum atomic E-state index is 6.21. The highest BCUT2D eigenvalue weighted by Gasteiger charge is 2.05. The molecule has 6 heteroatoms. The van der Waals surface area contributed by atoms with Gasteiger partial charge in [0.2, 0.25) is 0 Å². The highest BCUT2D eigenvalue weighted by molar-refractivity contribution is 6.31. The number of rotatable bonds is 6. The lowest BCUT2D eigenvalue weighted by atomic mass is 10.2. The third kappa shape index (κ3) is 4.64. The molecule has 1 heterocycles. The van der Waals surface area contributed by atoms with E-state index < -0.39 is 0 Å². The summed E-state index contributed by atoms with van der Waals surface area (Å²) >= 11 is 6.21. The minimum atomic E-state index is 0.604. The summed E-state index contributed by atoms with van der Waals surface area (Å²) in [6, 6.07) is 17.8. The molecule has 0 spiro atoms. The van der Waals surface area contributed by atoms with E-state index in [1.807, 2.05) is 63.5 Å². The molecule has 2 N–H and O–H groups in total. The van der Waals surface area contributed by atoms with Gasteiger partial charge in [-0.05, 0) is 42.8 Å². The van der Waals surface area contributed by atoms with Gasteiger partial charge < -0.3 is 15.5 Å². The van der Waals surface area contributed by atoms with E-state index in [4.69, 9.17) is 11.6 Å². The Morgan fingerprint density at radius 1 is 0.962 bits per heavy atom. The Kier molecular flexibility index (Phi) is 5.58. The van der Waals surface area contributed by atoms with Crippen LogP contribution in [-0.4, -0.2) is 24.1 Å². The largest absolute Gasteiger partial charge is 0.378 e. The molecule has 0 unspecified atom stereocenters. The van der Waals surface area contributed by atoms with Gasteiger partial charge in [0.05, 0.1) is 0 Å². The Morgan fingerprint density at radius 3 is 2.35 bits per heavy atom. The summed E-state index contributed by atoms with van der Waals surface area (Å²) < 4.78 is 0. The quantitative estimate of drug-likeness (QED) is 0.651. The van der Waals surface area contributed by atoms with Crippen LogP contribution in [0.15, 0.2) is 54.6 Å². The van der Waals surface area contributed by atoms with E-state index in [1.165, 1.54) is 0 Å². The van der Waals surface area contributed by atoms with E-state index >= 15 is 0 Å². The highest BCUT2D eigenvalue weighted by Crippen LogP contribution is 2.21. The molecule has 0 fully saturated rings. The van der Waals surface area contributed by atoms with Crippen molar-refractivity contribution in [3.05, 3.63) is 71.0 Å². The van der Waals surface area contributed by atoms with Crippen molar-refractivity contribution in [2.24, 2.45) is 0 Å². The third-order valence-electron chi connectivity index (χ3n) is 3.91. The van der Waals surface area contributed by atoms with Crippen molar-refractivity contribution in [1.29, 1.82) is 0 Å². The van der Waals surface area contributed by atoms with Crippen LogP contribution in [0.5, 0.6) is 0 Å². The fraction of sp³-hybridized carbons (Fsp3) is 0.200. The number of nitrogens with one attached hydrogen (secondary N) is 2. The lowest BCUT2D eigenvalue weighted by Gasteiger charge is -2.14. The Morgan fingerprint density at radius 2 is 1.65 bits per heavy atom. The van der Waals surface area contributed by atoms with Crippen molar-refractivity contribution in [3.8, 4) is 0 Å². The fourth-order valence-electron chi connectivity index (χ4n) is 2.54. The van der Waals surface area contributed by atoms with Gasteiger partial charge in [-0.3, -0.25) is 0 Å². The van der Waals surface area contributed by atoms with E-state index in [1.54, 1.807) is 0 Å². The molecule has 0 aliphatic heterocycles. The zero-order valence-corrected chi connectivity index (χ0v) is 15.9. The molecule has 1 aromatic heterocycles. The average Bonchev–Trinajstić information content (AvgIpc) is 2.61. The Hall–Kier alpha value is -2.79. The first-order chi connectivity index (χ1) is 12.5. The van der Waals surface area contributed by atoms with Gasteiger partial charge in [0.25, 0.3) is 0 Å². The summed E-state index contributed by atoms with van der Waals surface area (Å²) in [7, 11) is 4.04. The van der Waals surface area contributed by atoms with Crippen molar-refractivity contribution in [3.63, 3.8) is 0 Å². The molecule has 0 saturated carbocycles. The summed E-state index contributed by atoms with van der Waals surface area (Å²) in [5.74, 6) is 2.20. The molecular formula is C20H22ClN5. The summed E-state index contributed by atoms with van der Waals surface area (Å²) in [5.41, 5.74) is 3.15. The van der Waals surface area contributed by atoms with Crippen molar-refractivity contribution in [2.45, 2.75) is 13.5 Å². The standard InChI is InChI=1S/C20H22ClN5/c1-14-23-19(22-13-15-6-4-5-7-18(15)21)12-20(24-14)25-16-8-10-17(11-9-16)26(2)3/h4-12H,13H2,1-3H3,(H2,22,23,24,25). The average molecular weight is 368 g/mol. The smallest absolute Gasteiger partial charge is 0.136 e. The molecule has 0 atom stereocenters. The molecule has 0 aliphatic rings. The van der Waals surface area contributed by atoms with Crippen LogP contribution in [0.4, 0.5) is 23.0 Å². The molecule has 0 radical (unpaired) electrons. The maximum absolute atomic E-state index is 6.21. The SMILES string of the molecule is Cc1nc(NCc2ccccc2Cl)cc(Nc2ccc(N(C)C)cc2)n1. The van der Waals surface area contributed by atoms with Gasteiger partial charge in [-0.15, -0.1) is 0 Å². The number of anilines is 4. The van der Waals surface area contributed by atoms with Crippen LogP contribution in [-0.2, 0) is 6.54 Å². The summed E-state index contributed by atoms with van der Waals surface area (Å²) in [5, 5.41) is 7.38. The number of benzene rings is 2. The maximum Gasteiger partial charge on any atom is 0.136 e. The molecule has 3 rings (SSSR count). The summed E-state index contributed by atoms with van der Waals surface area (Å²) in [6.45, 7) is 2.48. The highest BCUT2D eigenvalue weighted by atomic mass is 35.5. The second-order valence-electron chi connectivity index (χ2n) is 6.20. The first-order valence-corrected chi connectivity index (χ1v) is 8.76. The molecule has 0 saturated heterocycles. The molecule has 0 bridgehead atoms. The predicted octanol–water partition coefficient (Wildman–Crippen LogP) is 4.86. The lowest BCUT2D eigenvalue weighted by Crippen LogP contribution is -2.08. The van der Waals surface area contributed by atoms with Crippen LogP contribution in [0.2, 0.25) is 5.02 Å². The number of aryl methyl sites for hydroxylation is 1. The lowest BCUT2D eigenvalue weighted by molar-refractivity contribution is 1.03. The number of hydrogen-bond donors (Lipinski definition) is 2. The van der Waals surface area contributed by atoms with Crippen LogP contribution in [0.25, 0.3) is 0 Å². The molecule has 0 aliphatic carbocycles. The number of nitrogens with zero attached hydrogens (tertiary/aromatic N) is 3. The molecule has 2 aromatic carbocycles. The number of halogens is 1. The van der Waals surface area contributed by atoms with Crippen LogP contribution >= 0.6 is 11.6 Å². The molecular weight excluding hydrogens is 346 g/mol. The van der Waals surface area contributed by atoms with Gasteiger partial charge in [0.15, 0.2) is 0 Å². The van der Waals surface area contributed by atoms with Crippen molar-refractivity contribution in [2.75, 3.05) is 29.6 Å². The predicted molar refractivity (Wildman–Crippen MR) is 110 cm³/mol. The third-order valence-corrected chi connectivity index (χ3v) is 4.28. The van der Waals surface area contributed by atoms with E-state index in [-0.39, 0.29) is 0 Å². The Labute approximate surface area is 159 Å². The van der Waals surface area contributed by atoms with E-state index in [0.717, 1.165) is 33.6 Å². The van der Waals surface area contributed by atoms with Crippen molar-refractivity contribution < 1.29 is 0 Å². The summed E-state index contributed by atoms with van der Waals surface area (Å²) in [4.78, 5) is 11.0. The van der Waals surface area contributed by atoms with Gasteiger partial charge >= 0.3 is 0 Å². The zero-order chi connectivity index (χ0) is 18.5. The van der Waals surface area contributed by atoms with E-state index in [0.29, 0.717) is 12.4 Å². The zero-order valence-electron chi connectivity index (χ0n) is 15.1. The number of aromatic nitrogens is 2. The van der Waals surface area contributed by atoms with Crippen molar-refractivity contribution in [1.82, 2.24) is 9.97 Å². The normalized spacial score (nSPS) is 10.5. The van der Waals surface area contributed by atoms with Crippen LogP contribution < -0.4 is 15.5 Å². The molecule has 26 heavy (non-hydrogen) atoms. The summed E-state index contributed by atoms with van der Waals surface area (Å²) in [6.07, 6.45) is 0. The van der Waals surface area contributed by atoms with E-state index in [2.05, 4.69) is 37.6 Å². The van der Waals surface area contributed by atoms with Gasteiger partial charge in [0.1, 0.15) is 17.5 Å². The Bertz CT molecular complexity index is 878. The first-order valence-electron chi connectivity index (χ1n) is 8.38. The Balaban J connectivity index is 1.72. The van der Waals surface area contributed by atoms with Crippen LogP contribution in [0.1, 0.15) is 11.4 Å². The van der Waals surface area contributed by atoms with Gasteiger partial charge in [-0.2, -0.15) is 0 Å². The van der Waals surface area contributed by atoms with Gasteiger partial charge in [0, 0.05) is 43.1 Å². The first kappa shape index (κ1) is 18.0. The minimum Gasteiger partial charge on any atom is -0.378 e. The molecule has 3 aromatic rings. The minimum absolute atomic E-state index is 0.604. The van der Waals surface area contributed by atoms with Crippen molar-refractivity contribution >= 4 is 34.6 Å². The molecule has 5 nitrogen and oxygen atoms in total. The topological polar surface area (TPSA) is 53.1 Å². The van der Waals surface area contributed by atoms with Gasteiger partial charge in [-0.25, -0.2) is 9.97 Å². The molecule has 134 valence electrons. The monoisotopic (exact) mass is 367 g/mol. The van der Waals surface area contributed by atoms with Gasteiger partial charge in [-0.1, -0.05) is 29.8 Å². The second kappa shape index (κ2) is 8.06. The van der Waals surface area contributed by atoms with E-state index in [9.17, 15) is 0 Å². The molecule has 0 amide bonds.